The summed E-state index contributed by atoms with van der Waals surface area (Å²) in [6.07, 6.45) is 5.03. The van der Waals surface area contributed by atoms with Crippen LogP contribution in [0.1, 0.15) is 53.9 Å². The number of carbonyl (C=O) groups excluding carboxylic acids is 1. The first-order chi connectivity index (χ1) is 8.02. The number of nitrogens with one attached hydrogen (secondary N) is 1. The fraction of sp³-hybridized carbons (Fsp3) is 0.786. The molecule has 0 heterocycles. The maximum Gasteiger partial charge on any atom is 0.321 e. The van der Waals surface area contributed by atoms with Crippen LogP contribution in [0.3, 0.4) is 0 Å². The fourth-order valence-corrected chi connectivity index (χ4v) is 1.37. The average Bonchev–Trinajstić information content (AvgIpc) is 2.30. The number of urea groups is 1. The van der Waals surface area contributed by atoms with Gasteiger partial charge in [-0.3, -0.25) is 0 Å². The van der Waals surface area contributed by atoms with Gasteiger partial charge < -0.3 is 10.2 Å². The highest BCUT2D eigenvalue weighted by Crippen LogP contribution is 2.06. The highest BCUT2D eigenvalue weighted by atomic mass is 16.2. The summed E-state index contributed by atoms with van der Waals surface area (Å²) in [6, 6.07) is 0.0281. The van der Waals surface area contributed by atoms with Crippen LogP contribution in [-0.2, 0) is 0 Å². The topological polar surface area (TPSA) is 32.3 Å². The first-order valence-electron chi connectivity index (χ1n) is 6.75. The number of hydrogen-bond donors (Lipinski definition) is 1. The first-order valence-corrected chi connectivity index (χ1v) is 6.75. The van der Waals surface area contributed by atoms with E-state index in [2.05, 4.69) is 33.0 Å². The predicted octanol–water partition coefficient (Wildman–Crippen LogP) is 3.77. The van der Waals surface area contributed by atoms with Crippen molar-refractivity contribution in [2.45, 2.75) is 53.9 Å². The van der Waals surface area contributed by atoms with Crippen molar-refractivity contribution in [3.63, 3.8) is 0 Å². The van der Waals surface area contributed by atoms with Crippen molar-refractivity contribution in [3.8, 4) is 0 Å². The van der Waals surface area contributed by atoms with Gasteiger partial charge in [0, 0.05) is 19.3 Å². The van der Waals surface area contributed by atoms with Crippen LogP contribution in [0.4, 0.5) is 4.79 Å². The molecule has 3 nitrogen and oxygen atoms in total. The number of unbranched alkanes of at least 4 members (excludes halogenated alkanes) is 1. The third-order valence-corrected chi connectivity index (χ3v) is 2.90. The lowest BCUT2D eigenvalue weighted by atomic mass is 10.1. The van der Waals surface area contributed by atoms with E-state index >= 15 is 0 Å². The summed E-state index contributed by atoms with van der Waals surface area (Å²) in [5.41, 5.74) is 1.20. The predicted molar refractivity (Wildman–Crippen MR) is 73.9 cm³/mol. The Labute approximate surface area is 106 Å². The maximum atomic E-state index is 11.9. The standard InChI is InChI=1S/C14H28N2O/c1-6-8-10-16(9-7-2)14(17)15-11-13(5)12(3)4/h11-12H,6-10H2,1-5H3,(H,15,17)/b13-11+. The zero-order valence-electron chi connectivity index (χ0n) is 12.0. The Bertz CT molecular complexity index is 247. The lowest BCUT2D eigenvalue weighted by molar-refractivity contribution is 0.200. The Morgan fingerprint density at radius 3 is 2.35 bits per heavy atom. The van der Waals surface area contributed by atoms with Gasteiger partial charge in [0.2, 0.25) is 0 Å². The summed E-state index contributed by atoms with van der Waals surface area (Å²) in [4.78, 5) is 13.8. The molecule has 0 aromatic heterocycles. The van der Waals surface area contributed by atoms with Crippen LogP contribution in [-0.4, -0.2) is 24.0 Å². The molecule has 0 aliphatic carbocycles. The normalized spacial score (nSPS) is 11.8. The second-order valence-electron chi connectivity index (χ2n) is 4.83. The maximum absolute atomic E-state index is 11.9. The Hall–Kier alpha value is -0.990. The minimum atomic E-state index is 0.0281. The molecule has 100 valence electrons. The molecule has 3 heteroatoms. The van der Waals surface area contributed by atoms with Gasteiger partial charge in [0.05, 0.1) is 0 Å². The van der Waals surface area contributed by atoms with E-state index in [1.165, 1.54) is 5.57 Å². The van der Waals surface area contributed by atoms with Gasteiger partial charge in [0.1, 0.15) is 0 Å². The smallest absolute Gasteiger partial charge is 0.321 e. The zero-order valence-corrected chi connectivity index (χ0v) is 12.0. The highest BCUT2D eigenvalue weighted by molar-refractivity contribution is 5.75. The monoisotopic (exact) mass is 240 g/mol. The molecule has 0 aromatic rings. The first kappa shape index (κ1) is 16.0. The molecule has 0 saturated carbocycles. The van der Waals surface area contributed by atoms with E-state index in [4.69, 9.17) is 0 Å². The molecule has 2 amide bonds. The molecule has 0 aromatic carbocycles. The van der Waals surface area contributed by atoms with Gasteiger partial charge in [-0.1, -0.05) is 39.7 Å². The van der Waals surface area contributed by atoms with Crippen LogP contribution in [0, 0.1) is 5.92 Å². The second-order valence-corrected chi connectivity index (χ2v) is 4.83. The van der Waals surface area contributed by atoms with Crippen molar-refractivity contribution in [2.75, 3.05) is 13.1 Å². The molecule has 0 atom stereocenters. The molecule has 0 fully saturated rings. The number of hydrogen-bond acceptors (Lipinski definition) is 1. The van der Waals surface area contributed by atoms with Crippen LogP contribution in [0.15, 0.2) is 11.8 Å². The molecular weight excluding hydrogens is 212 g/mol. The number of nitrogens with zero attached hydrogens (tertiary/aromatic N) is 1. The number of allylic oxidation sites excluding steroid dienone is 1. The van der Waals surface area contributed by atoms with Gasteiger partial charge in [-0.25, -0.2) is 4.79 Å². The number of rotatable bonds is 7. The molecule has 0 unspecified atom stereocenters. The van der Waals surface area contributed by atoms with Crippen molar-refractivity contribution in [1.82, 2.24) is 10.2 Å². The van der Waals surface area contributed by atoms with E-state index in [0.29, 0.717) is 5.92 Å². The van der Waals surface area contributed by atoms with Gasteiger partial charge in [-0.2, -0.15) is 0 Å². The molecule has 0 rings (SSSR count). The van der Waals surface area contributed by atoms with Crippen molar-refractivity contribution < 1.29 is 4.79 Å². The molecule has 0 aliphatic rings. The van der Waals surface area contributed by atoms with Crippen LogP contribution >= 0.6 is 0 Å². The van der Waals surface area contributed by atoms with Gasteiger partial charge >= 0.3 is 6.03 Å². The fourth-order valence-electron chi connectivity index (χ4n) is 1.37. The quantitative estimate of drug-likeness (QED) is 0.722. The lowest BCUT2D eigenvalue weighted by Crippen LogP contribution is -2.39. The Morgan fingerprint density at radius 2 is 1.88 bits per heavy atom. The van der Waals surface area contributed by atoms with Crippen LogP contribution < -0.4 is 5.32 Å². The van der Waals surface area contributed by atoms with Gasteiger partial charge in [-0.05, 0) is 25.7 Å². The van der Waals surface area contributed by atoms with Crippen LogP contribution in [0.5, 0.6) is 0 Å². The highest BCUT2D eigenvalue weighted by Gasteiger charge is 2.10. The number of amides is 2. The molecule has 0 saturated heterocycles. The van der Waals surface area contributed by atoms with E-state index in [0.717, 1.165) is 32.4 Å². The van der Waals surface area contributed by atoms with Gasteiger partial charge in [0.25, 0.3) is 0 Å². The molecule has 1 N–H and O–H groups in total. The van der Waals surface area contributed by atoms with Gasteiger partial charge in [0.15, 0.2) is 0 Å². The summed E-state index contributed by atoms with van der Waals surface area (Å²) in [7, 11) is 0. The Balaban J connectivity index is 4.26. The lowest BCUT2D eigenvalue weighted by Gasteiger charge is -2.21. The molecule has 0 aliphatic heterocycles. The molecule has 0 radical (unpaired) electrons. The largest absolute Gasteiger partial charge is 0.325 e. The van der Waals surface area contributed by atoms with E-state index in [1.54, 1.807) is 0 Å². The molecular formula is C14H28N2O. The summed E-state index contributed by atoms with van der Waals surface area (Å²) in [5.74, 6) is 0.477. The molecule has 0 spiro atoms. The number of carbonyl (C=O) groups is 1. The zero-order chi connectivity index (χ0) is 13.3. The van der Waals surface area contributed by atoms with E-state index in [1.807, 2.05) is 18.0 Å². The van der Waals surface area contributed by atoms with Crippen molar-refractivity contribution in [1.29, 1.82) is 0 Å². The molecule has 0 bridgehead atoms. The Kier molecular flexibility index (Phi) is 8.55. The van der Waals surface area contributed by atoms with E-state index in [9.17, 15) is 4.79 Å². The third-order valence-electron chi connectivity index (χ3n) is 2.90. The SMILES string of the molecule is CCCCN(CCC)C(=O)N/C=C(\C)C(C)C. The average molecular weight is 240 g/mol. The summed E-state index contributed by atoms with van der Waals surface area (Å²) in [5, 5.41) is 2.88. The minimum Gasteiger partial charge on any atom is -0.325 e. The Morgan fingerprint density at radius 1 is 1.24 bits per heavy atom. The van der Waals surface area contributed by atoms with Crippen molar-refractivity contribution in [2.24, 2.45) is 5.92 Å². The van der Waals surface area contributed by atoms with Crippen LogP contribution in [0.25, 0.3) is 0 Å². The van der Waals surface area contributed by atoms with E-state index < -0.39 is 0 Å². The summed E-state index contributed by atoms with van der Waals surface area (Å²) >= 11 is 0. The van der Waals surface area contributed by atoms with Gasteiger partial charge in [-0.15, -0.1) is 0 Å². The summed E-state index contributed by atoms with van der Waals surface area (Å²) in [6.45, 7) is 12.2. The van der Waals surface area contributed by atoms with Crippen molar-refractivity contribution in [3.05, 3.63) is 11.8 Å². The second kappa shape index (κ2) is 9.08. The summed E-state index contributed by atoms with van der Waals surface area (Å²) < 4.78 is 0. The van der Waals surface area contributed by atoms with E-state index in [-0.39, 0.29) is 6.03 Å². The molecule has 17 heavy (non-hydrogen) atoms. The van der Waals surface area contributed by atoms with Crippen molar-refractivity contribution >= 4 is 6.03 Å². The van der Waals surface area contributed by atoms with Crippen LogP contribution in [0.2, 0.25) is 0 Å². The third kappa shape index (κ3) is 7.03. The minimum absolute atomic E-state index is 0.0281.